The van der Waals surface area contributed by atoms with Crippen LogP contribution in [0.3, 0.4) is 0 Å². The number of nitrogens with zero attached hydrogens (tertiary/aromatic N) is 2. The maximum Gasteiger partial charge on any atom is 0.229 e. The molecule has 3 N–H and O–H groups in total. The molecule has 1 amide bonds. The second kappa shape index (κ2) is 7.84. The maximum absolute atomic E-state index is 11.1. The standard InChI is InChI=1S/C19H18ClN5O/c1-12-16(20)4-3-5-17(12)24-18-10-11-21-19(25-18)23-15-8-6-14(7-9-15)22-13(2)26/h3-11H,1-2H3,(H,22,26)(H2,21,23,24,25). The van der Waals surface area contributed by atoms with E-state index in [1.165, 1.54) is 6.92 Å². The highest BCUT2D eigenvalue weighted by atomic mass is 35.5. The Morgan fingerprint density at radius 1 is 1.00 bits per heavy atom. The topological polar surface area (TPSA) is 78.9 Å². The van der Waals surface area contributed by atoms with Gasteiger partial charge in [0.15, 0.2) is 0 Å². The molecule has 1 heterocycles. The minimum absolute atomic E-state index is 0.107. The first kappa shape index (κ1) is 17.7. The number of carbonyl (C=O) groups excluding carboxylic acids is 1. The van der Waals surface area contributed by atoms with Gasteiger partial charge in [0.1, 0.15) is 5.82 Å². The molecule has 0 saturated heterocycles. The number of nitrogens with one attached hydrogen (secondary N) is 3. The molecule has 26 heavy (non-hydrogen) atoms. The van der Waals surface area contributed by atoms with Crippen molar-refractivity contribution in [2.45, 2.75) is 13.8 Å². The lowest BCUT2D eigenvalue weighted by atomic mass is 10.2. The molecule has 3 aromatic rings. The summed E-state index contributed by atoms with van der Waals surface area (Å²) in [5, 5.41) is 9.80. The van der Waals surface area contributed by atoms with Crippen LogP contribution >= 0.6 is 11.6 Å². The van der Waals surface area contributed by atoms with E-state index in [1.807, 2.05) is 37.3 Å². The van der Waals surface area contributed by atoms with Crippen LogP contribution in [0.1, 0.15) is 12.5 Å². The van der Waals surface area contributed by atoms with Crippen LogP contribution < -0.4 is 16.0 Å². The third-order valence-electron chi connectivity index (χ3n) is 3.65. The van der Waals surface area contributed by atoms with E-state index in [2.05, 4.69) is 25.9 Å². The van der Waals surface area contributed by atoms with E-state index < -0.39 is 0 Å². The molecule has 0 fully saturated rings. The molecule has 3 rings (SSSR count). The minimum Gasteiger partial charge on any atom is -0.340 e. The zero-order chi connectivity index (χ0) is 18.5. The number of aromatic nitrogens is 2. The van der Waals surface area contributed by atoms with Gasteiger partial charge in [-0.05, 0) is 55.0 Å². The molecule has 132 valence electrons. The number of hydrogen-bond acceptors (Lipinski definition) is 5. The van der Waals surface area contributed by atoms with Crippen molar-refractivity contribution in [3.05, 3.63) is 65.3 Å². The lowest BCUT2D eigenvalue weighted by molar-refractivity contribution is -0.114. The van der Waals surface area contributed by atoms with E-state index in [4.69, 9.17) is 11.6 Å². The fourth-order valence-electron chi connectivity index (χ4n) is 2.34. The van der Waals surface area contributed by atoms with Crippen LogP contribution in [0.5, 0.6) is 0 Å². The third-order valence-corrected chi connectivity index (χ3v) is 4.06. The van der Waals surface area contributed by atoms with E-state index in [9.17, 15) is 4.79 Å². The van der Waals surface area contributed by atoms with Gasteiger partial charge >= 0.3 is 0 Å². The molecule has 0 spiro atoms. The molecule has 0 bridgehead atoms. The predicted molar refractivity (Wildman–Crippen MR) is 106 cm³/mol. The van der Waals surface area contributed by atoms with Gasteiger partial charge in [-0.2, -0.15) is 4.98 Å². The third kappa shape index (κ3) is 4.49. The fraction of sp³-hybridized carbons (Fsp3) is 0.105. The Balaban J connectivity index is 1.73. The quantitative estimate of drug-likeness (QED) is 0.598. The first-order valence-electron chi connectivity index (χ1n) is 8.01. The van der Waals surface area contributed by atoms with E-state index in [0.29, 0.717) is 16.8 Å². The number of anilines is 5. The van der Waals surface area contributed by atoms with Crippen LogP contribution in [-0.4, -0.2) is 15.9 Å². The summed E-state index contributed by atoms with van der Waals surface area (Å²) in [6.45, 7) is 3.42. The Kier molecular flexibility index (Phi) is 5.34. The van der Waals surface area contributed by atoms with Crippen molar-refractivity contribution in [3.63, 3.8) is 0 Å². The summed E-state index contributed by atoms with van der Waals surface area (Å²) in [7, 11) is 0. The molecular formula is C19H18ClN5O. The average molecular weight is 368 g/mol. The highest BCUT2D eigenvalue weighted by Crippen LogP contribution is 2.26. The van der Waals surface area contributed by atoms with Crippen LogP contribution in [0.15, 0.2) is 54.7 Å². The zero-order valence-corrected chi connectivity index (χ0v) is 15.1. The van der Waals surface area contributed by atoms with Crippen molar-refractivity contribution >= 4 is 46.3 Å². The van der Waals surface area contributed by atoms with Crippen LogP contribution in [0, 0.1) is 6.92 Å². The van der Waals surface area contributed by atoms with Gasteiger partial charge in [-0.3, -0.25) is 4.79 Å². The number of halogens is 1. The van der Waals surface area contributed by atoms with Gasteiger partial charge in [-0.15, -0.1) is 0 Å². The van der Waals surface area contributed by atoms with Crippen molar-refractivity contribution in [1.82, 2.24) is 9.97 Å². The van der Waals surface area contributed by atoms with Gasteiger partial charge in [0, 0.05) is 35.2 Å². The highest BCUT2D eigenvalue weighted by molar-refractivity contribution is 6.31. The summed E-state index contributed by atoms with van der Waals surface area (Å²) in [6.07, 6.45) is 1.67. The summed E-state index contributed by atoms with van der Waals surface area (Å²) in [6, 6.07) is 14.8. The molecule has 0 saturated carbocycles. The van der Waals surface area contributed by atoms with Crippen molar-refractivity contribution in [2.24, 2.45) is 0 Å². The van der Waals surface area contributed by atoms with Crippen LogP contribution in [0.25, 0.3) is 0 Å². The van der Waals surface area contributed by atoms with Crippen LogP contribution in [-0.2, 0) is 4.79 Å². The lowest BCUT2D eigenvalue weighted by Gasteiger charge is -2.11. The number of amides is 1. The molecule has 1 aromatic heterocycles. The second-order valence-corrected chi connectivity index (χ2v) is 6.09. The molecule has 7 heteroatoms. The van der Waals surface area contributed by atoms with Crippen molar-refractivity contribution in [1.29, 1.82) is 0 Å². The van der Waals surface area contributed by atoms with Gasteiger partial charge in [0.25, 0.3) is 0 Å². The SMILES string of the molecule is CC(=O)Nc1ccc(Nc2nccc(Nc3cccc(Cl)c3C)n2)cc1. The first-order chi connectivity index (χ1) is 12.5. The number of carbonyl (C=O) groups is 1. The monoisotopic (exact) mass is 367 g/mol. The van der Waals surface area contributed by atoms with Gasteiger partial charge < -0.3 is 16.0 Å². The van der Waals surface area contributed by atoms with Gasteiger partial charge in [0.2, 0.25) is 11.9 Å². The molecule has 0 unspecified atom stereocenters. The minimum atomic E-state index is -0.107. The summed E-state index contributed by atoms with van der Waals surface area (Å²) in [5.41, 5.74) is 3.39. The number of benzene rings is 2. The molecule has 0 aliphatic heterocycles. The highest BCUT2D eigenvalue weighted by Gasteiger charge is 2.05. The second-order valence-electron chi connectivity index (χ2n) is 5.69. The van der Waals surface area contributed by atoms with E-state index in [1.54, 1.807) is 24.4 Å². The first-order valence-corrected chi connectivity index (χ1v) is 8.39. The van der Waals surface area contributed by atoms with Gasteiger partial charge in [-0.25, -0.2) is 4.98 Å². The van der Waals surface area contributed by atoms with Crippen LogP contribution in [0.4, 0.5) is 28.8 Å². The Morgan fingerprint density at radius 3 is 2.46 bits per heavy atom. The van der Waals surface area contributed by atoms with Crippen molar-refractivity contribution in [3.8, 4) is 0 Å². The Hall–Kier alpha value is -3.12. The molecule has 2 aromatic carbocycles. The van der Waals surface area contributed by atoms with E-state index in [-0.39, 0.29) is 5.91 Å². The summed E-state index contributed by atoms with van der Waals surface area (Å²) in [4.78, 5) is 19.7. The lowest BCUT2D eigenvalue weighted by Crippen LogP contribution is -2.05. The fourth-order valence-corrected chi connectivity index (χ4v) is 2.51. The summed E-state index contributed by atoms with van der Waals surface area (Å²) < 4.78 is 0. The molecule has 0 radical (unpaired) electrons. The van der Waals surface area contributed by atoms with E-state index >= 15 is 0 Å². The Bertz CT molecular complexity index is 927. The molecule has 6 nitrogen and oxygen atoms in total. The van der Waals surface area contributed by atoms with Gasteiger partial charge in [-0.1, -0.05) is 17.7 Å². The van der Waals surface area contributed by atoms with Crippen molar-refractivity contribution in [2.75, 3.05) is 16.0 Å². The largest absolute Gasteiger partial charge is 0.340 e. The number of rotatable bonds is 5. The Morgan fingerprint density at radius 2 is 1.73 bits per heavy atom. The van der Waals surface area contributed by atoms with Crippen LogP contribution in [0.2, 0.25) is 5.02 Å². The molecule has 0 aliphatic carbocycles. The maximum atomic E-state index is 11.1. The van der Waals surface area contributed by atoms with Gasteiger partial charge in [0.05, 0.1) is 0 Å². The molecule has 0 aliphatic rings. The van der Waals surface area contributed by atoms with E-state index in [0.717, 1.165) is 22.6 Å². The normalized spacial score (nSPS) is 10.3. The summed E-state index contributed by atoms with van der Waals surface area (Å²) >= 11 is 6.15. The smallest absolute Gasteiger partial charge is 0.229 e. The molecule has 0 atom stereocenters. The zero-order valence-electron chi connectivity index (χ0n) is 14.4. The predicted octanol–water partition coefficient (Wildman–Crippen LogP) is 4.88. The number of hydrogen-bond donors (Lipinski definition) is 3. The Labute approximate surface area is 156 Å². The average Bonchev–Trinajstić information content (AvgIpc) is 2.61. The van der Waals surface area contributed by atoms with Crippen molar-refractivity contribution < 1.29 is 4.79 Å². The summed E-state index contributed by atoms with van der Waals surface area (Å²) in [5.74, 6) is 1.01. The molecular weight excluding hydrogens is 350 g/mol.